The maximum Gasteiger partial charge on any atom is 0.191 e. The van der Waals surface area contributed by atoms with Gasteiger partial charge in [-0.25, -0.2) is 0 Å². The smallest absolute Gasteiger partial charge is 0.191 e. The summed E-state index contributed by atoms with van der Waals surface area (Å²) in [5.74, 6) is 1.77. The SMILES string of the molecule is CCN=C(NC1CCC1)NC1CN(C2CC2)CC1C.I. The second-order valence-electron chi connectivity index (χ2n) is 6.51. The first-order chi connectivity index (χ1) is 9.26. The molecule has 20 heavy (non-hydrogen) atoms. The van der Waals surface area contributed by atoms with Crippen LogP contribution in [-0.2, 0) is 0 Å². The zero-order valence-corrected chi connectivity index (χ0v) is 15.1. The third kappa shape index (κ3) is 4.00. The Balaban J connectivity index is 0.00000147. The number of hydrogen-bond donors (Lipinski definition) is 2. The Labute approximate surface area is 140 Å². The van der Waals surface area contributed by atoms with Crippen LogP contribution in [0.3, 0.4) is 0 Å². The van der Waals surface area contributed by atoms with Crippen LogP contribution < -0.4 is 10.6 Å². The van der Waals surface area contributed by atoms with E-state index in [-0.39, 0.29) is 24.0 Å². The highest BCUT2D eigenvalue weighted by Gasteiger charge is 2.38. The summed E-state index contributed by atoms with van der Waals surface area (Å²) in [4.78, 5) is 7.27. The van der Waals surface area contributed by atoms with Crippen LogP contribution in [0.2, 0.25) is 0 Å². The van der Waals surface area contributed by atoms with E-state index in [4.69, 9.17) is 0 Å². The van der Waals surface area contributed by atoms with E-state index in [2.05, 4.69) is 34.4 Å². The molecule has 1 saturated heterocycles. The summed E-state index contributed by atoms with van der Waals surface area (Å²) in [5, 5.41) is 7.26. The first-order valence-corrected chi connectivity index (χ1v) is 8.08. The number of hydrogen-bond acceptors (Lipinski definition) is 2. The summed E-state index contributed by atoms with van der Waals surface area (Å²) in [6.45, 7) is 7.78. The van der Waals surface area contributed by atoms with Crippen LogP contribution in [0, 0.1) is 5.92 Å². The number of aliphatic imine (C=N–C) groups is 1. The molecule has 2 saturated carbocycles. The first-order valence-electron chi connectivity index (χ1n) is 8.08. The normalized spacial score (nSPS) is 31.6. The molecule has 3 rings (SSSR count). The van der Waals surface area contributed by atoms with Crippen LogP contribution in [0.4, 0.5) is 0 Å². The zero-order chi connectivity index (χ0) is 13.2. The minimum Gasteiger partial charge on any atom is -0.354 e. The average molecular weight is 392 g/mol. The maximum absolute atomic E-state index is 4.61. The molecular weight excluding hydrogens is 363 g/mol. The predicted molar refractivity (Wildman–Crippen MR) is 94.8 cm³/mol. The van der Waals surface area contributed by atoms with E-state index in [0.717, 1.165) is 24.5 Å². The average Bonchev–Trinajstić information content (AvgIpc) is 3.11. The van der Waals surface area contributed by atoms with Crippen molar-refractivity contribution < 1.29 is 0 Å². The third-order valence-electron chi connectivity index (χ3n) is 4.79. The van der Waals surface area contributed by atoms with Gasteiger partial charge in [0.15, 0.2) is 5.96 Å². The van der Waals surface area contributed by atoms with Crippen molar-refractivity contribution in [2.75, 3.05) is 19.6 Å². The minimum absolute atomic E-state index is 0. The quantitative estimate of drug-likeness (QED) is 0.438. The fraction of sp³-hybridized carbons (Fsp3) is 0.933. The van der Waals surface area contributed by atoms with Gasteiger partial charge in [0.05, 0.1) is 0 Å². The van der Waals surface area contributed by atoms with E-state index in [0.29, 0.717) is 12.1 Å². The maximum atomic E-state index is 4.61. The van der Waals surface area contributed by atoms with Gasteiger partial charge in [-0.1, -0.05) is 6.92 Å². The van der Waals surface area contributed by atoms with Gasteiger partial charge in [0.2, 0.25) is 0 Å². The summed E-state index contributed by atoms with van der Waals surface area (Å²) < 4.78 is 0. The molecule has 3 aliphatic rings. The molecule has 2 unspecified atom stereocenters. The fourth-order valence-electron chi connectivity index (χ4n) is 3.14. The monoisotopic (exact) mass is 392 g/mol. The molecule has 3 fully saturated rings. The number of rotatable bonds is 4. The van der Waals surface area contributed by atoms with Crippen LogP contribution in [0.15, 0.2) is 4.99 Å². The van der Waals surface area contributed by atoms with Crippen LogP contribution >= 0.6 is 24.0 Å². The lowest BCUT2D eigenvalue weighted by Gasteiger charge is -2.30. The first kappa shape index (κ1) is 16.3. The number of nitrogens with zero attached hydrogens (tertiary/aromatic N) is 2. The summed E-state index contributed by atoms with van der Waals surface area (Å²) in [6.07, 6.45) is 6.80. The van der Waals surface area contributed by atoms with Crippen LogP contribution in [0.25, 0.3) is 0 Å². The molecule has 2 atom stereocenters. The molecule has 0 radical (unpaired) electrons. The van der Waals surface area contributed by atoms with E-state index in [1.165, 1.54) is 45.2 Å². The van der Waals surface area contributed by atoms with Crippen molar-refractivity contribution in [3.05, 3.63) is 0 Å². The van der Waals surface area contributed by atoms with Gasteiger partial charge in [-0.05, 0) is 44.9 Å². The molecule has 1 heterocycles. The van der Waals surface area contributed by atoms with Gasteiger partial charge in [0, 0.05) is 37.8 Å². The summed E-state index contributed by atoms with van der Waals surface area (Å²) in [6, 6.07) is 2.12. The van der Waals surface area contributed by atoms with Crippen molar-refractivity contribution in [3.63, 3.8) is 0 Å². The van der Waals surface area contributed by atoms with Gasteiger partial charge in [0.1, 0.15) is 0 Å². The van der Waals surface area contributed by atoms with Crippen molar-refractivity contribution in [2.45, 2.75) is 64.1 Å². The molecule has 2 aliphatic carbocycles. The van der Waals surface area contributed by atoms with Crippen molar-refractivity contribution in [3.8, 4) is 0 Å². The van der Waals surface area contributed by atoms with E-state index >= 15 is 0 Å². The summed E-state index contributed by atoms with van der Waals surface area (Å²) in [5.41, 5.74) is 0. The lowest BCUT2D eigenvalue weighted by molar-refractivity contribution is 0.315. The molecule has 0 amide bonds. The second-order valence-corrected chi connectivity index (χ2v) is 6.51. The molecule has 0 aromatic rings. The zero-order valence-electron chi connectivity index (χ0n) is 12.8. The number of nitrogens with one attached hydrogen (secondary N) is 2. The lowest BCUT2D eigenvalue weighted by Crippen LogP contribution is -2.51. The van der Waals surface area contributed by atoms with Crippen molar-refractivity contribution in [1.82, 2.24) is 15.5 Å². The van der Waals surface area contributed by atoms with Gasteiger partial charge in [-0.3, -0.25) is 9.89 Å². The van der Waals surface area contributed by atoms with Gasteiger partial charge >= 0.3 is 0 Å². The van der Waals surface area contributed by atoms with E-state index < -0.39 is 0 Å². The van der Waals surface area contributed by atoms with E-state index in [1.54, 1.807) is 0 Å². The lowest BCUT2D eigenvalue weighted by atomic mass is 9.93. The van der Waals surface area contributed by atoms with Gasteiger partial charge in [0.25, 0.3) is 0 Å². The van der Waals surface area contributed by atoms with Crippen molar-refractivity contribution >= 4 is 29.9 Å². The summed E-state index contributed by atoms with van der Waals surface area (Å²) in [7, 11) is 0. The van der Waals surface area contributed by atoms with Crippen molar-refractivity contribution in [1.29, 1.82) is 0 Å². The van der Waals surface area contributed by atoms with Gasteiger partial charge in [-0.15, -0.1) is 24.0 Å². The standard InChI is InChI=1S/C15H28N4.HI/c1-3-16-15(17-12-5-4-6-12)18-14-10-19(9-11(14)2)13-7-8-13;/h11-14H,3-10H2,1-2H3,(H2,16,17,18);1H. The Morgan fingerprint density at radius 1 is 1.15 bits per heavy atom. The van der Waals surface area contributed by atoms with E-state index in [1.807, 2.05) is 0 Å². The molecule has 116 valence electrons. The molecule has 0 bridgehead atoms. The Morgan fingerprint density at radius 3 is 2.45 bits per heavy atom. The van der Waals surface area contributed by atoms with E-state index in [9.17, 15) is 0 Å². The Hall–Kier alpha value is -0.0400. The highest BCUT2D eigenvalue weighted by atomic mass is 127. The number of guanidine groups is 1. The third-order valence-corrected chi connectivity index (χ3v) is 4.79. The Kier molecular flexibility index (Phi) is 5.95. The van der Waals surface area contributed by atoms with Crippen LogP contribution in [-0.4, -0.2) is 48.6 Å². The summed E-state index contributed by atoms with van der Waals surface area (Å²) >= 11 is 0. The molecule has 4 nitrogen and oxygen atoms in total. The molecule has 0 aromatic heterocycles. The van der Waals surface area contributed by atoms with Gasteiger partial charge in [-0.2, -0.15) is 0 Å². The molecule has 1 aliphatic heterocycles. The topological polar surface area (TPSA) is 39.7 Å². The fourth-order valence-corrected chi connectivity index (χ4v) is 3.14. The van der Waals surface area contributed by atoms with Crippen molar-refractivity contribution in [2.24, 2.45) is 10.9 Å². The van der Waals surface area contributed by atoms with Gasteiger partial charge < -0.3 is 10.6 Å². The number of halogens is 1. The van der Waals surface area contributed by atoms with Crippen LogP contribution in [0.1, 0.15) is 46.0 Å². The largest absolute Gasteiger partial charge is 0.354 e. The van der Waals surface area contributed by atoms with Crippen LogP contribution in [0.5, 0.6) is 0 Å². The molecule has 2 N–H and O–H groups in total. The molecule has 0 spiro atoms. The predicted octanol–water partition coefficient (Wildman–Crippen LogP) is 2.19. The highest BCUT2D eigenvalue weighted by molar-refractivity contribution is 14.0. The Morgan fingerprint density at radius 2 is 1.90 bits per heavy atom. The Bertz CT molecular complexity index is 339. The highest BCUT2D eigenvalue weighted by Crippen LogP contribution is 2.31. The molecular formula is C15H29IN4. The second kappa shape index (κ2) is 7.29. The molecule has 5 heteroatoms. The molecule has 0 aromatic carbocycles. The number of likely N-dealkylation sites (tertiary alicyclic amines) is 1. The minimum atomic E-state index is 0.